The maximum atomic E-state index is 13.1. The van der Waals surface area contributed by atoms with E-state index in [1.165, 1.54) is 0 Å². The molecular formula is C17H23N3O3. The van der Waals surface area contributed by atoms with Crippen LogP contribution in [0.5, 0.6) is 0 Å². The predicted molar refractivity (Wildman–Crippen MR) is 86.4 cm³/mol. The summed E-state index contributed by atoms with van der Waals surface area (Å²) in [6.07, 6.45) is 1.62. The van der Waals surface area contributed by atoms with Crippen LogP contribution in [-0.2, 0) is 0 Å². The number of pyridine rings is 1. The first-order chi connectivity index (χ1) is 10.9. The number of carbonyl (C=O) groups is 1. The molecule has 124 valence electrons. The number of aryl methyl sites for hydroxylation is 1. The zero-order valence-electron chi connectivity index (χ0n) is 14.0. The Labute approximate surface area is 135 Å². The summed E-state index contributed by atoms with van der Waals surface area (Å²) < 4.78 is 5.30. The Bertz CT molecular complexity index is 732. The van der Waals surface area contributed by atoms with Crippen LogP contribution in [0.2, 0.25) is 0 Å². The van der Waals surface area contributed by atoms with Crippen LogP contribution in [0.4, 0.5) is 0 Å². The van der Waals surface area contributed by atoms with Gasteiger partial charge in [0.05, 0.1) is 22.7 Å². The van der Waals surface area contributed by atoms with E-state index >= 15 is 0 Å². The van der Waals surface area contributed by atoms with Crippen molar-refractivity contribution in [3.8, 4) is 0 Å². The average Bonchev–Trinajstić information content (AvgIpc) is 3.27. The number of fused-ring (bicyclic) bond motifs is 1. The second-order valence-corrected chi connectivity index (χ2v) is 6.72. The summed E-state index contributed by atoms with van der Waals surface area (Å²) in [4.78, 5) is 19.3. The van der Waals surface area contributed by atoms with Crippen LogP contribution in [0.25, 0.3) is 11.1 Å². The fourth-order valence-electron chi connectivity index (χ4n) is 2.84. The molecule has 0 aliphatic heterocycles. The number of rotatable bonds is 5. The minimum Gasteiger partial charge on any atom is -0.392 e. The molecule has 0 saturated heterocycles. The second kappa shape index (κ2) is 5.92. The van der Waals surface area contributed by atoms with Crippen LogP contribution >= 0.6 is 0 Å². The molecule has 1 amide bonds. The van der Waals surface area contributed by atoms with Crippen LogP contribution in [0.3, 0.4) is 0 Å². The first kappa shape index (κ1) is 15.9. The highest BCUT2D eigenvalue weighted by atomic mass is 16.5. The van der Waals surface area contributed by atoms with Gasteiger partial charge < -0.3 is 14.5 Å². The van der Waals surface area contributed by atoms with Gasteiger partial charge in [0, 0.05) is 24.2 Å². The molecule has 1 unspecified atom stereocenters. The van der Waals surface area contributed by atoms with Crippen molar-refractivity contribution in [3.05, 3.63) is 23.0 Å². The van der Waals surface area contributed by atoms with E-state index < -0.39 is 6.10 Å². The molecule has 1 atom stereocenters. The van der Waals surface area contributed by atoms with E-state index in [-0.39, 0.29) is 11.9 Å². The van der Waals surface area contributed by atoms with Crippen LogP contribution in [0, 0.1) is 6.92 Å². The Morgan fingerprint density at radius 3 is 2.70 bits per heavy atom. The summed E-state index contributed by atoms with van der Waals surface area (Å²) in [5, 5.41) is 14.4. The zero-order valence-corrected chi connectivity index (χ0v) is 14.0. The third kappa shape index (κ3) is 3.08. The number of carbonyl (C=O) groups excluding carboxylic acids is 1. The largest absolute Gasteiger partial charge is 0.392 e. The van der Waals surface area contributed by atoms with Gasteiger partial charge in [-0.2, -0.15) is 0 Å². The van der Waals surface area contributed by atoms with Crippen molar-refractivity contribution in [2.75, 3.05) is 6.54 Å². The molecule has 0 spiro atoms. The van der Waals surface area contributed by atoms with Crippen LogP contribution in [0.1, 0.15) is 61.3 Å². The molecule has 6 nitrogen and oxygen atoms in total. The third-order valence-corrected chi connectivity index (χ3v) is 4.21. The smallest absolute Gasteiger partial charge is 0.259 e. The number of aliphatic hydroxyl groups excluding tert-OH is 1. The number of amides is 1. The van der Waals surface area contributed by atoms with Gasteiger partial charge in [0.2, 0.25) is 0 Å². The second-order valence-electron chi connectivity index (χ2n) is 6.72. The molecule has 2 heterocycles. The monoisotopic (exact) mass is 317 g/mol. The van der Waals surface area contributed by atoms with E-state index in [0.717, 1.165) is 18.5 Å². The van der Waals surface area contributed by atoms with Gasteiger partial charge in [0.15, 0.2) is 0 Å². The highest BCUT2D eigenvalue weighted by molar-refractivity contribution is 6.06. The summed E-state index contributed by atoms with van der Waals surface area (Å²) in [6, 6.07) is 1.87. The molecular weight excluding hydrogens is 294 g/mol. The first-order valence-corrected chi connectivity index (χ1v) is 8.14. The van der Waals surface area contributed by atoms with Gasteiger partial charge in [-0.05, 0) is 46.6 Å². The molecule has 1 saturated carbocycles. The van der Waals surface area contributed by atoms with Crippen molar-refractivity contribution in [1.29, 1.82) is 0 Å². The lowest BCUT2D eigenvalue weighted by Gasteiger charge is -2.28. The Balaban J connectivity index is 2.08. The molecule has 1 N–H and O–H groups in total. The van der Waals surface area contributed by atoms with Crippen molar-refractivity contribution in [3.63, 3.8) is 0 Å². The summed E-state index contributed by atoms with van der Waals surface area (Å²) in [7, 11) is 0. The number of aliphatic hydroxyl groups is 1. The third-order valence-electron chi connectivity index (χ3n) is 4.21. The first-order valence-electron chi connectivity index (χ1n) is 8.14. The highest BCUT2D eigenvalue weighted by Crippen LogP contribution is 2.40. The topological polar surface area (TPSA) is 79.5 Å². The van der Waals surface area contributed by atoms with E-state index in [9.17, 15) is 9.90 Å². The number of aromatic nitrogens is 2. The average molecular weight is 317 g/mol. The van der Waals surface area contributed by atoms with Gasteiger partial charge in [-0.1, -0.05) is 5.16 Å². The highest BCUT2D eigenvalue weighted by Gasteiger charge is 2.30. The van der Waals surface area contributed by atoms with E-state index in [1.807, 2.05) is 26.8 Å². The quantitative estimate of drug-likeness (QED) is 0.917. The number of nitrogens with zero attached hydrogens (tertiary/aromatic N) is 3. The molecule has 2 aromatic heterocycles. The van der Waals surface area contributed by atoms with Crippen molar-refractivity contribution in [2.24, 2.45) is 0 Å². The van der Waals surface area contributed by atoms with E-state index in [4.69, 9.17) is 4.52 Å². The lowest BCUT2D eigenvalue weighted by atomic mass is 10.1. The molecule has 2 aromatic rings. The Morgan fingerprint density at radius 1 is 1.43 bits per heavy atom. The summed E-state index contributed by atoms with van der Waals surface area (Å²) in [5.41, 5.74) is 2.57. The lowest BCUT2D eigenvalue weighted by Crippen LogP contribution is -2.41. The maximum absolute atomic E-state index is 13.1. The number of hydrogen-bond donors (Lipinski definition) is 1. The number of hydrogen-bond acceptors (Lipinski definition) is 5. The van der Waals surface area contributed by atoms with E-state index in [1.54, 1.807) is 11.8 Å². The molecule has 1 fully saturated rings. The fraction of sp³-hybridized carbons (Fsp3) is 0.588. The van der Waals surface area contributed by atoms with Gasteiger partial charge in [0.25, 0.3) is 11.6 Å². The Hall–Kier alpha value is -1.95. The molecule has 0 bridgehead atoms. The molecule has 1 aliphatic carbocycles. The van der Waals surface area contributed by atoms with Crippen LogP contribution in [-0.4, -0.2) is 44.7 Å². The standard InChI is InChI=1S/C17H23N3O3/c1-9(2)20(8-10(3)21)17(22)13-7-14(12-5-6-12)18-16-15(13)11(4)19-23-16/h7,9-10,12,21H,5-6,8H2,1-4H3. The van der Waals surface area contributed by atoms with Crippen molar-refractivity contribution in [1.82, 2.24) is 15.0 Å². The molecule has 23 heavy (non-hydrogen) atoms. The predicted octanol–water partition coefficient (Wildman–Crippen LogP) is 2.64. The fourth-order valence-corrected chi connectivity index (χ4v) is 2.84. The van der Waals surface area contributed by atoms with Gasteiger partial charge in [-0.3, -0.25) is 4.79 Å². The Morgan fingerprint density at radius 2 is 2.13 bits per heavy atom. The molecule has 6 heteroatoms. The van der Waals surface area contributed by atoms with Gasteiger partial charge in [-0.15, -0.1) is 0 Å². The van der Waals surface area contributed by atoms with Crippen LogP contribution in [0.15, 0.2) is 10.6 Å². The van der Waals surface area contributed by atoms with E-state index in [0.29, 0.717) is 34.8 Å². The Kier molecular flexibility index (Phi) is 4.10. The van der Waals surface area contributed by atoms with Crippen LogP contribution < -0.4 is 0 Å². The zero-order chi connectivity index (χ0) is 16.7. The maximum Gasteiger partial charge on any atom is 0.259 e. The van der Waals surface area contributed by atoms with Crippen molar-refractivity contribution < 1.29 is 14.4 Å². The minimum atomic E-state index is -0.579. The molecule has 0 aromatic carbocycles. The van der Waals surface area contributed by atoms with Crippen molar-refractivity contribution >= 4 is 17.0 Å². The van der Waals surface area contributed by atoms with Gasteiger partial charge in [-0.25, -0.2) is 4.98 Å². The SMILES string of the molecule is Cc1noc2nc(C3CC3)cc(C(=O)N(CC(C)O)C(C)C)c12. The normalized spacial score (nSPS) is 16.1. The molecule has 1 aliphatic rings. The van der Waals surface area contributed by atoms with Crippen molar-refractivity contribution in [2.45, 2.75) is 58.6 Å². The summed E-state index contributed by atoms with van der Waals surface area (Å²) in [6.45, 7) is 7.69. The summed E-state index contributed by atoms with van der Waals surface area (Å²) >= 11 is 0. The lowest BCUT2D eigenvalue weighted by molar-refractivity contribution is 0.0580. The molecule has 0 radical (unpaired) electrons. The van der Waals surface area contributed by atoms with Gasteiger partial charge in [0.1, 0.15) is 0 Å². The van der Waals surface area contributed by atoms with Gasteiger partial charge >= 0.3 is 0 Å². The minimum absolute atomic E-state index is 0.00939. The molecule has 3 rings (SSSR count). The van der Waals surface area contributed by atoms with E-state index in [2.05, 4.69) is 10.1 Å². The summed E-state index contributed by atoms with van der Waals surface area (Å²) in [5.74, 6) is 0.308.